The van der Waals surface area contributed by atoms with Gasteiger partial charge < -0.3 is 25.3 Å². The monoisotopic (exact) mass is 774 g/mol. The molecule has 16 heteroatoms. The summed E-state index contributed by atoms with van der Waals surface area (Å²) < 4.78 is 51.3. The Hall–Kier alpha value is -3.57. The van der Waals surface area contributed by atoms with Gasteiger partial charge in [-0.25, -0.2) is 36.7 Å². The number of nitrogens with one attached hydrogen (secondary N) is 2. The Bertz CT molecular complexity index is 1630. The second-order valence-corrected chi connectivity index (χ2v) is 14.4. The van der Waals surface area contributed by atoms with E-state index in [1.54, 1.807) is 19.5 Å². The third kappa shape index (κ3) is 19.6. The summed E-state index contributed by atoms with van der Waals surface area (Å²) in [6.07, 6.45) is 8.94. The smallest absolute Gasteiger partial charge is 0.335 e. The fraction of sp³-hybridized carbons (Fsp3) is 0.486. The van der Waals surface area contributed by atoms with Gasteiger partial charge in [-0.1, -0.05) is 67.7 Å². The number of anilines is 2. The van der Waals surface area contributed by atoms with E-state index in [1.807, 2.05) is 53.7 Å². The topological polar surface area (TPSA) is 232 Å². The molecule has 2 aromatic carbocycles. The van der Waals surface area contributed by atoms with Crippen LogP contribution in [-0.4, -0.2) is 57.8 Å². The van der Waals surface area contributed by atoms with E-state index in [2.05, 4.69) is 22.0 Å². The molecule has 0 aliphatic carbocycles. The summed E-state index contributed by atoms with van der Waals surface area (Å²) in [5.74, 6) is -1.63. The molecular formula is C35H58N4O9S3. The van der Waals surface area contributed by atoms with Crippen molar-refractivity contribution >= 4 is 55.1 Å². The number of furan rings is 1. The van der Waals surface area contributed by atoms with Gasteiger partial charge in [0.15, 0.2) is 0 Å². The molecule has 0 fully saturated rings. The van der Waals surface area contributed by atoms with Gasteiger partial charge in [-0.3, -0.25) is 0 Å². The first kappa shape index (κ1) is 49.5. The van der Waals surface area contributed by atoms with Crippen LogP contribution in [0.1, 0.15) is 113 Å². The van der Waals surface area contributed by atoms with E-state index in [0.717, 1.165) is 56.4 Å². The molecular weight excluding hydrogens is 717 g/mol. The number of hydrogen-bond acceptors (Lipinski definition) is 10. The first-order chi connectivity index (χ1) is 24.1. The largest absolute Gasteiger partial charge is 0.478 e. The number of sulfonamides is 2. The average molecular weight is 775 g/mol. The molecule has 0 radical (unpaired) electrons. The molecule has 0 saturated carbocycles. The van der Waals surface area contributed by atoms with Crippen LogP contribution in [-0.2, 0) is 20.0 Å². The van der Waals surface area contributed by atoms with Gasteiger partial charge in [-0.15, -0.1) is 11.8 Å². The van der Waals surface area contributed by atoms with Crippen LogP contribution in [0.4, 0.5) is 11.4 Å². The molecule has 1 aromatic heterocycles. The van der Waals surface area contributed by atoms with Crippen molar-refractivity contribution in [2.45, 2.75) is 109 Å². The van der Waals surface area contributed by atoms with Crippen LogP contribution in [0, 0.1) is 6.92 Å². The van der Waals surface area contributed by atoms with Crippen LogP contribution in [0.15, 0.2) is 68.0 Å². The Balaban J connectivity index is 0. The lowest BCUT2D eigenvalue weighted by atomic mass is 10.1. The molecule has 0 bridgehead atoms. The molecule has 1 heterocycles. The molecule has 290 valence electrons. The highest BCUT2D eigenvalue weighted by Crippen LogP contribution is 2.35. The lowest BCUT2D eigenvalue weighted by molar-refractivity contribution is 0.0685. The summed E-state index contributed by atoms with van der Waals surface area (Å²) in [6.45, 7) is 17.0. The minimum atomic E-state index is -4.00. The molecule has 51 heavy (non-hydrogen) atoms. The molecule has 13 nitrogen and oxygen atoms in total. The Labute approximate surface area is 309 Å². The predicted molar refractivity (Wildman–Crippen MR) is 208 cm³/mol. The second-order valence-electron chi connectivity index (χ2n) is 10.3. The van der Waals surface area contributed by atoms with Crippen molar-refractivity contribution in [1.82, 2.24) is 0 Å². The van der Waals surface area contributed by atoms with Gasteiger partial charge in [0.2, 0.25) is 20.0 Å². The van der Waals surface area contributed by atoms with Crippen LogP contribution in [0.3, 0.4) is 0 Å². The third-order valence-electron chi connectivity index (χ3n) is 6.38. The molecule has 0 atom stereocenters. The Morgan fingerprint density at radius 1 is 0.706 bits per heavy atom. The van der Waals surface area contributed by atoms with Gasteiger partial charge in [0, 0.05) is 18.8 Å². The number of unbranched alkanes of at least 4 members (excludes halogenated alkanes) is 3. The maximum absolute atomic E-state index is 11.9. The molecule has 0 unspecified atom stereocenters. The van der Waals surface area contributed by atoms with E-state index in [0.29, 0.717) is 34.9 Å². The highest BCUT2D eigenvalue weighted by molar-refractivity contribution is 8.00. The average Bonchev–Trinajstić information content (AvgIpc) is 3.68. The molecule has 0 spiro atoms. The number of nitrogens with two attached hydrogens (primary N) is 2. The minimum Gasteiger partial charge on any atom is -0.478 e. The highest BCUT2D eigenvalue weighted by atomic mass is 32.2. The first-order valence-electron chi connectivity index (χ1n) is 17.0. The van der Waals surface area contributed by atoms with Gasteiger partial charge in [-0.05, 0) is 73.9 Å². The van der Waals surface area contributed by atoms with E-state index in [4.69, 9.17) is 15.4 Å². The fourth-order valence-electron chi connectivity index (χ4n) is 3.85. The summed E-state index contributed by atoms with van der Waals surface area (Å²) in [6, 6.07) is 8.78. The van der Waals surface area contributed by atoms with E-state index in [-0.39, 0.29) is 20.9 Å². The highest BCUT2D eigenvalue weighted by Gasteiger charge is 2.22. The van der Waals surface area contributed by atoms with Crippen molar-refractivity contribution in [2.24, 2.45) is 10.3 Å². The standard InChI is InChI=1S/C15H24N2O4S2.C12H18N2O4S.C4H4O.2C2H6/c1-3-5-7-17-12-9-11(15(18)19)10-13(23(16,20)21)14(12)22-8-6-4-2;1-3-4-5-14-10-6-9(12(15)16)7-11(8(10)2)19(13,17)18;1-2-4-5-3-1;2*1-2/h9-10,17H,3-8H2,1-2H3,(H,18,19)(H2,16,20,21);6-7,14H,3-5H2,1-2H3,(H,15,16)(H2,13,17,18);1-4H;2*1-2H3. The van der Waals surface area contributed by atoms with E-state index < -0.39 is 32.0 Å². The zero-order valence-electron chi connectivity index (χ0n) is 31.1. The van der Waals surface area contributed by atoms with Gasteiger partial charge in [0.25, 0.3) is 0 Å². The van der Waals surface area contributed by atoms with E-state index in [9.17, 15) is 31.5 Å². The van der Waals surface area contributed by atoms with Crippen LogP contribution >= 0.6 is 11.8 Å². The van der Waals surface area contributed by atoms with Crippen molar-refractivity contribution in [3.63, 3.8) is 0 Å². The first-order valence-corrected chi connectivity index (χ1v) is 21.1. The summed E-state index contributed by atoms with van der Waals surface area (Å²) in [5.41, 5.74) is 1.24. The van der Waals surface area contributed by atoms with Crippen LogP contribution in [0.5, 0.6) is 0 Å². The number of carboxylic acid groups (broad SMARTS) is 2. The number of hydrogen-bond donors (Lipinski definition) is 6. The van der Waals surface area contributed by atoms with Gasteiger partial charge in [0.05, 0.1) is 44.0 Å². The van der Waals surface area contributed by atoms with Gasteiger partial charge in [-0.2, -0.15) is 0 Å². The van der Waals surface area contributed by atoms with E-state index in [1.165, 1.54) is 23.9 Å². The summed E-state index contributed by atoms with van der Waals surface area (Å²) >= 11 is 1.39. The molecule has 0 saturated heterocycles. The van der Waals surface area contributed by atoms with Gasteiger partial charge in [0.1, 0.15) is 0 Å². The van der Waals surface area contributed by atoms with Crippen LogP contribution in [0.25, 0.3) is 0 Å². The normalized spacial score (nSPS) is 10.4. The zero-order valence-corrected chi connectivity index (χ0v) is 33.6. The van der Waals surface area contributed by atoms with E-state index >= 15 is 0 Å². The van der Waals surface area contributed by atoms with Crippen molar-refractivity contribution in [3.8, 4) is 0 Å². The Morgan fingerprint density at radius 3 is 1.49 bits per heavy atom. The maximum atomic E-state index is 11.9. The fourth-order valence-corrected chi connectivity index (χ4v) is 6.99. The predicted octanol–water partition coefficient (Wildman–Crippen LogP) is 8.02. The lowest BCUT2D eigenvalue weighted by Crippen LogP contribution is -2.16. The molecule has 3 rings (SSSR count). The number of primary sulfonamides is 2. The van der Waals surface area contributed by atoms with Gasteiger partial charge >= 0.3 is 11.9 Å². The SMILES string of the molecule is CC.CC.CCCCNc1cc(C(=O)O)cc(S(N)(=O)=O)c1C.CCCCNc1cc(C(=O)O)cc(S(N)(=O)=O)c1SCCCC.c1ccoc1. The molecule has 0 aliphatic heterocycles. The molecule has 0 amide bonds. The number of rotatable bonds is 16. The number of thioether (sulfide) groups is 1. The summed E-state index contributed by atoms with van der Waals surface area (Å²) in [4.78, 5) is 22.5. The summed E-state index contributed by atoms with van der Waals surface area (Å²) in [7, 11) is -7.95. The van der Waals surface area contributed by atoms with Crippen molar-refractivity contribution < 1.29 is 41.1 Å². The molecule has 8 N–H and O–H groups in total. The quantitative estimate of drug-likeness (QED) is 0.0600. The molecule has 3 aromatic rings. The number of benzene rings is 2. The Morgan fingerprint density at radius 2 is 1.12 bits per heavy atom. The third-order valence-corrected chi connectivity index (χ3v) is 9.71. The van der Waals surface area contributed by atoms with Crippen molar-refractivity contribution in [2.75, 3.05) is 29.5 Å². The minimum absolute atomic E-state index is 0.0899. The van der Waals surface area contributed by atoms with Crippen molar-refractivity contribution in [3.05, 3.63) is 65.6 Å². The number of aromatic carboxylic acids is 2. The van der Waals surface area contributed by atoms with Crippen LogP contribution in [0.2, 0.25) is 0 Å². The number of carboxylic acids is 2. The Kier molecular flexibility index (Phi) is 26.4. The lowest BCUT2D eigenvalue weighted by Gasteiger charge is -2.16. The summed E-state index contributed by atoms with van der Waals surface area (Å²) in [5, 5.41) is 34.8. The van der Waals surface area contributed by atoms with Crippen LogP contribution < -0.4 is 20.9 Å². The van der Waals surface area contributed by atoms with Crippen molar-refractivity contribution in [1.29, 1.82) is 0 Å². The number of carbonyl (C=O) groups is 2. The molecule has 0 aliphatic rings. The zero-order chi connectivity index (χ0) is 39.6. The second kappa shape index (κ2) is 27.1. The maximum Gasteiger partial charge on any atom is 0.335 e.